The summed E-state index contributed by atoms with van der Waals surface area (Å²) in [7, 11) is 4.22. The highest BCUT2D eigenvalue weighted by Gasteiger charge is 2.14. The Balaban J connectivity index is 3.04. The highest BCUT2D eigenvalue weighted by molar-refractivity contribution is 5.43. The molecule has 0 saturated carbocycles. The number of rotatable bonds is 2. The molecule has 0 radical (unpaired) electrons. The molecule has 0 heterocycles. The summed E-state index contributed by atoms with van der Waals surface area (Å²) in [6.07, 6.45) is 7.85. The normalized spacial score (nSPS) is 18.5. The van der Waals surface area contributed by atoms with Crippen LogP contribution in [0.1, 0.15) is 26.2 Å². The fraction of sp³-hybridized carbons (Fsp3) is 0.500. The zero-order chi connectivity index (χ0) is 9.84. The average Bonchev–Trinajstić information content (AvgIpc) is 2.08. The topological polar surface area (TPSA) is 3.24 Å². The van der Waals surface area contributed by atoms with Crippen LogP contribution < -0.4 is 0 Å². The molecule has 0 spiro atoms. The molecule has 1 rings (SSSR count). The summed E-state index contributed by atoms with van der Waals surface area (Å²) < 4.78 is 0. The molecule has 0 atom stereocenters. The van der Waals surface area contributed by atoms with Gasteiger partial charge in [0.05, 0.1) is 0 Å². The minimum Gasteiger partial charge on any atom is -0.380 e. The number of allylic oxidation sites excluding steroid dienone is 5. The van der Waals surface area contributed by atoms with Crippen molar-refractivity contribution in [2.75, 3.05) is 14.1 Å². The van der Waals surface area contributed by atoms with E-state index in [-0.39, 0.29) is 0 Å². The summed E-state index contributed by atoms with van der Waals surface area (Å²) >= 11 is 0. The number of hydrogen-bond donors (Lipinski definition) is 0. The Morgan fingerprint density at radius 3 is 2.54 bits per heavy atom. The van der Waals surface area contributed by atoms with Crippen LogP contribution in [0.3, 0.4) is 0 Å². The van der Waals surface area contributed by atoms with Gasteiger partial charge in [-0.1, -0.05) is 18.7 Å². The molecule has 0 aromatic heterocycles. The van der Waals surface area contributed by atoms with E-state index < -0.39 is 0 Å². The largest absolute Gasteiger partial charge is 0.380 e. The summed E-state index contributed by atoms with van der Waals surface area (Å²) in [4.78, 5) is 2.21. The minimum atomic E-state index is 1.15. The molecule has 0 amide bonds. The quantitative estimate of drug-likeness (QED) is 0.626. The van der Waals surface area contributed by atoms with Crippen LogP contribution in [0.4, 0.5) is 0 Å². The van der Waals surface area contributed by atoms with Crippen molar-refractivity contribution in [3.63, 3.8) is 0 Å². The third-order valence-corrected chi connectivity index (χ3v) is 2.46. The third-order valence-electron chi connectivity index (χ3n) is 2.46. The molecule has 0 aromatic rings. The first-order chi connectivity index (χ1) is 6.16. The van der Waals surface area contributed by atoms with Crippen molar-refractivity contribution in [1.29, 1.82) is 0 Å². The van der Waals surface area contributed by atoms with Crippen LogP contribution in [0, 0.1) is 0 Å². The Morgan fingerprint density at radius 1 is 1.31 bits per heavy atom. The number of hydrogen-bond acceptors (Lipinski definition) is 1. The molecule has 0 saturated heterocycles. The Morgan fingerprint density at radius 2 is 2.00 bits per heavy atom. The molecule has 13 heavy (non-hydrogen) atoms. The van der Waals surface area contributed by atoms with E-state index >= 15 is 0 Å². The lowest BCUT2D eigenvalue weighted by Gasteiger charge is -2.26. The predicted molar refractivity (Wildman–Crippen MR) is 58.5 cm³/mol. The van der Waals surface area contributed by atoms with Gasteiger partial charge in [-0.05, 0) is 37.3 Å². The van der Waals surface area contributed by atoms with Crippen LogP contribution in [0.15, 0.2) is 35.6 Å². The van der Waals surface area contributed by atoms with Crippen LogP contribution in [0.2, 0.25) is 0 Å². The predicted octanol–water partition coefficient (Wildman–Crippen LogP) is 3.12. The highest BCUT2D eigenvalue weighted by Crippen LogP contribution is 2.30. The van der Waals surface area contributed by atoms with E-state index in [9.17, 15) is 0 Å². The van der Waals surface area contributed by atoms with Gasteiger partial charge in [0.25, 0.3) is 0 Å². The van der Waals surface area contributed by atoms with Gasteiger partial charge in [-0.3, -0.25) is 0 Å². The summed E-state index contributed by atoms with van der Waals surface area (Å²) in [6, 6.07) is 0. The summed E-state index contributed by atoms with van der Waals surface area (Å²) in [6.45, 7) is 6.17. The molecular weight excluding hydrogens is 158 g/mol. The van der Waals surface area contributed by atoms with Crippen molar-refractivity contribution in [3.05, 3.63) is 35.6 Å². The molecule has 0 bridgehead atoms. The van der Waals surface area contributed by atoms with E-state index in [2.05, 4.69) is 44.6 Å². The smallest absolute Gasteiger partial charge is 0.0204 e. The van der Waals surface area contributed by atoms with E-state index in [1.165, 1.54) is 29.7 Å². The van der Waals surface area contributed by atoms with E-state index in [1.807, 2.05) is 0 Å². The van der Waals surface area contributed by atoms with Crippen molar-refractivity contribution >= 4 is 0 Å². The Labute approximate surface area is 81.4 Å². The molecule has 1 nitrogen and oxygen atoms in total. The maximum Gasteiger partial charge on any atom is 0.0204 e. The molecule has 0 aliphatic heterocycles. The molecule has 0 fully saturated rings. The van der Waals surface area contributed by atoms with Crippen LogP contribution in [-0.2, 0) is 0 Å². The van der Waals surface area contributed by atoms with Gasteiger partial charge in [-0.15, -0.1) is 0 Å². The second-order valence-corrected chi connectivity index (χ2v) is 3.71. The third kappa shape index (κ3) is 2.24. The first kappa shape index (κ1) is 10.1. The lowest BCUT2D eigenvalue weighted by molar-refractivity contribution is 0.467. The summed E-state index contributed by atoms with van der Waals surface area (Å²) in [5, 5.41) is 0. The summed E-state index contributed by atoms with van der Waals surface area (Å²) in [5.74, 6) is 0. The van der Waals surface area contributed by atoms with Crippen molar-refractivity contribution in [1.82, 2.24) is 4.90 Å². The Hall–Kier alpha value is -0.980. The SMILES string of the molecule is C=C1CCCC(N(C)C)=C1/C=C\C. The fourth-order valence-corrected chi connectivity index (χ4v) is 1.79. The molecule has 1 aliphatic carbocycles. The average molecular weight is 177 g/mol. The van der Waals surface area contributed by atoms with E-state index in [4.69, 9.17) is 0 Å². The van der Waals surface area contributed by atoms with E-state index in [0.29, 0.717) is 0 Å². The standard InChI is InChI=1S/C12H19N/c1-5-7-11-10(2)8-6-9-12(11)13(3)4/h5,7H,2,6,8-9H2,1,3-4H3/b7-5-. The molecule has 0 aromatic carbocycles. The maximum absolute atomic E-state index is 4.11. The minimum absolute atomic E-state index is 1.15. The van der Waals surface area contributed by atoms with Gasteiger partial charge in [0.2, 0.25) is 0 Å². The zero-order valence-electron chi connectivity index (χ0n) is 8.93. The van der Waals surface area contributed by atoms with Gasteiger partial charge in [0.1, 0.15) is 0 Å². The zero-order valence-corrected chi connectivity index (χ0v) is 8.93. The maximum atomic E-state index is 4.11. The van der Waals surface area contributed by atoms with Crippen LogP contribution >= 0.6 is 0 Å². The van der Waals surface area contributed by atoms with Crippen molar-refractivity contribution < 1.29 is 0 Å². The first-order valence-corrected chi connectivity index (χ1v) is 4.88. The molecule has 1 heteroatoms. The summed E-state index contributed by atoms with van der Waals surface area (Å²) in [5.41, 5.74) is 4.06. The molecular formula is C12H19N. The molecule has 0 unspecified atom stereocenters. The monoisotopic (exact) mass is 177 g/mol. The van der Waals surface area contributed by atoms with Gasteiger partial charge < -0.3 is 4.90 Å². The molecule has 0 N–H and O–H groups in total. The fourth-order valence-electron chi connectivity index (χ4n) is 1.79. The number of nitrogens with zero attached hydrogens (tertiary/aromatic N) is 1. The van der Waals surface area contributed by atoms with Gasteiger partial charge in [-0.2, -0.15) is 0 Å². The second-order valence-electron chi connectivity index (χ2n) is 3.71. The lowest BCUT2D eigenvalue weighted by Crippen LogP contribution is -2.16. The van der Waals surface area contributed by atoms with E-state index in [0.717, 1.165) is 6.42 Å². The second kappa shape index (κ2) is 4.31. The highest BCUT2D eigenvalue weighted by atomic mass is 15.1. The van der Waals surface area contributed by atoms with Gasteiger partial charge >= 0.3 is 0 Å². The van der Waals surface area contributed by atoms with Gasteiger partial charge in [0, 0.05) is 19.8 Å². The Kier molecular flexibility index (Phi) is 3.35. The molecule has 72 valence electrons. The lowest BCUT2D eigenvalue weighted by atomic mass is 9.91. The molecule has 1 aliphatic rings. The Bertz CT molecular complexity index is 256. The van der Waals surface area contributed by atoms with Crippen LogP contribution in [0.5, 0.6) is 0 Å². The first-order valence-electron chi connectivity index (χ1n) is 4.88. The van der Waals surface area contributed by atoms with Crippen molar-refractivity contribution in [3.8, 4) is 0 Å². The van der Waals surface area contributed by atoms with Crippen LogP contribution in [0.25, 0.3) is 0 Å². The van der Waals surface area contributed by atoms with E-state index in [1.54, 1.807) is 0 Å². The van der Waals surface area contributed by atoms with Crippen molar-refractivity contribution in [2.45, 2.75) is 26.2 Å². The van der Waals surface area contributed by atoms with Crippen LogP contribution in [-0.4, -0.2) is 19.0 Å². The van der Waals surface area contributed by atoms with Crippen molar-refractivity contribution in [2.24, 2.45) is 0 Å². The van der Waals surface area contributed by atoms with Gasteiger partial charge in [-0.25, -0.2) is 0 Å². The van der Waals surface area contributed by atoms with Gasteiger partial charge in [0.15, 0.2) is 0 Å².